The number of hydrogen-bond acceptors (Lipinski definition) is 2. The van der Waals surface area contributed by atoms with Crippen molar-refractivity contribution < 1.29 is 9.90 Å². The summed E-state index contributed by atoms with van der Waals surface area (Å²) >= 11 is 5.99. The molecule has 0 spiro atoms. The average molecular weight is 277 g/mol. The maximum atomic E-state index is 11.0. The van der Waals surface area contributed by atoms with Crippen LogP contribution in [0.15, 0.2) is 30.5 Å². The monoisotopic (exact) mass is 276 g/mol. The van der Waals surface area contributed by atoms with Crippen LogP contribution in [0.1, 0.15) is 12.1 Å². The van der Waals surface area contributed by atoms with Crippen LogP contribution in [-0.4, -0.2) is 20.6 Å². The van der Waals surface area contributed by atoms with Crippen molar-refractivity contribution in [1.29, 1.82) is 0 Å². The van der Waals surface area contributed by atoms with Gasteiger partial charge in [0.1, 0.15) is 5.82 Å². The predicted octanol–water partition coefficient (Wildman–Crippen LogP) is 2.85. The van der Waals surface area contributed by atoms with Crippen molar-refractivity contribution in [3.63, 3.8) is 0 Å². The zero-order valence-corrected chi connectivity index (χ0v) is 11.0. The Morgan fingerprint density at radius 1 is 1.47 bits per heavy atom. The molecular formula is C14H13ClN2O2. The van der Waals surface area contributed by atoms with Gasteiger partial charge in [-0.05, 0) is 18.6 Å². The van der Waals surface area contributed by atoms with Gasteiger partial charge in [-0.1, -0.05) is 23.7 Å². The largest absolute Gasteiger partial charge is 0.481 e. The molecule has 1 aliphatic heterocycles. The molecule has 1 atom stereocenters. The smallest absolute Gasteiger partial charge is 0.306 e. The quantitative estimate of drug-likeness (QED) is 0.918. The van der Waals surface area contributed by atoms with Gasteiger partial charge in [0.25, 0.3) is 0 Å². The zero-order chi connectivity index (χ0) is 13.4. The summed E-state index contributed by atoms with van der Waals surface area (Å²) in [6.45, 7) is 0.689. The summed E-state index contributed by atoms with van der Waals surface area (Å²) in [5, 5.41) is 9.75. The molecule has 5 heteroatoms. The third-order valence-corrected chi connectivity index (χ3v) is 3.76. The van der Waals surface area contributed by atoms with Crippen LogP contribution in [0.5, 0.6) is 0 Å². The molecule has 0 aliphatic carbocycles. The van der Waals surface area contributed by atoms with Crippen molar-refractivity contribution in [2.45, 2.75) is 19.4 Å². The number of benzene rings is 1. The van der Waals surface area contributed by atoms with Crippen LogP contribution < -0.4 is 0 Å². The normalized spacial score (nSPS) is 18.1. The molecule has 3 rings (SSSR count). The van der Waals surface area contributed by atoms with Crippen LogP contribution >= 0.6 is 11.6 Å². The second kappa shape index (κ2) is 4.70. The fourth-order valence-electron chi connectivity index (χ4n) is 2.53. The first-order chi connectivity index (χ1) is 9.15. The lowest BCUT2D eigenvalue weighted by atomic mass is 9.96. The van der Waals surface area contributed by atoms with Crippen LogP contribution in [0.25, 0.3) is 11.4 Å². The molecule has 19 heavy (non-hydrogen) atoms. The number of nitrogens with zero attached hydrogens (tertiary/aromatic N) is 2. The number of fused-ring (bicyclic) bond motifs is 1. The van der Waals surface area contributed by atoms with E-state index in [1.807, 2.05) is 24.3 Å². The molecule has 1 aliphatic rings. The first kappa shape index (κ1) is 12.2. The number of rotatable bonds is 2. The van der Waals surface area contributed by atoms with Gasteiger partial charge >= 0.3 is 5.97 Å². The summed E-state index contributed by atoms with van der Waals surface area (Å²) < 4.78 is 2.09. The van der Waals surface area contributed by atoms with Crippen LogP contribution in [0.4, 0.5) is 0 Å². The second-order valence-electron chi connectivity index (χ2n) is 4.76. The average Bonchev–Trinajstić information content (AvgIpc) is 2.81. The Morgan fingerprint density at radius 2 is 2.32 bits per heavy atom. The van der Waals surface area contributed by atoms with E-state index in [-0.39, 0.29) is 5.92 Å². The van der Waals surface area contributed by atoms with Crippen molar-refractivity contribution in [2.75, 3.05) is 0 Å². The highest BCUT2D eigenvalue weighted by Gasteiger charge is 2.26. The van der Waals surface area contributed by atoms with Crippen LogP contribution in [0, 0.1) is 5.92 Å². The Labute approximate surface area is 115 Å². The van der Waals surface area contributed by atoms with E-state index < -0.39 is 5.97 Å². The minimum Gasteiger partial charge on any atom is -0.481 e. The Hall–Kier alpha value is -1.81. The standard InChI is InChI=1S/C14H13ClN2O2/c15-11-3-1-2-9(6-11)13-16-8-12-7-10(14(18)19)4-5-17(12)13/h1-3,6,8,10H,4-5,7H2,(H,18,19). The molecule has 98 valence electrons. The van der Waals surface area contributed by atoms with Crippen molar-refractivity contribution >= 4 is 17.6 Å². The van der Waals surface area contributed by atoms with Gasteiger partial charge in [0, 0.05) is 35.4 Å². The van der Waals surface area contributed by atoms with Gasteiger partial charge in [0.05, 0.1) is 5.92 Å². The summed E-state index contributed by atoms with van der Waals surface area (Å²) in [6, 6.07) is 7.55. The van der Waals surface area contributed by atoms with E-state index in [4.69, 9.17) is 16.7 Å². The molecule has 0 radical (unpaired) electrons. The van der Waals surface area contributed by atoms with Crippen molar-refractivity contribution in [3.8, 4) is 11.4 Å². The highest BCUT2D eigenvalue weighted by atomic mass is 35.5. The topological polar surface area (TPSA) is 55.1 Å². The highest BCUT2D eigenvalue weighted by molar-refractivity contribution is 6.30. The van der Waals surface area contributed by atoms with E-state index in [0.717, 1.165) is 17.1 Å². The summed E-state index contributed by atoms with van der Waals surface area (Å²) in [6.07, 6.45) is 2.96. The maximum Gasteiger partial charge on any atom is 0.306 e. The molecule has 4 nitrogen and oxygen atoms in total. The minimum absolute atomic E-state index is 0.295. The first-order valence-electron chi connectivity index (χ1n) is 6.18. The fourth-order valence-corrected chi connectivity index (χ4v) is 2.72. The second-order valence-corrected chi connectivity index (χ2v) is 5.20. The SMILES string of the molecule is O=C(O)C1CCn2c(cnc2-c2cccc(Cl)c2)C1. The molecule has 2 aromatic rings. The summed E-state index contributed by atoms with van der Waals surface area (Å²) in [7, 11) is 0. The number of aromatic nitrogens is 2. The Morgan fingerprint density at radius 3 is 3.05 bits per heavy atom. The molecule has 0 bridgehead atoms. The molecule has 1 N–H and O–H groups in total. The van der Waals surface area contributed by atoms with Crippen molar-refractivity contribution in [3.05, 3.63) is 41.2 Å². The molecule has 2 heterocycles. The third kappa shape index (κ3) is 2.24. The van der Waals surface area contributed by atoms with E-state index in [1.54, 1.807) is 6.20 Å². The Balaban J connectivity index is 1.97. The molecule has 1 aromatic heterocycles. The van der Waals surface area contributed by atoms with E-state index in [0.29, 0.717) is 24.4 Å². The molecule has 1 unspecified atom stereocenters. The minimum atomic E-state index is -0.725. The van der Waals surface area contributed by atoms with Crippen LogP contribution in [0.2, 0.25) is 5.02 Å². The number of carboxylic acid groups (broad SMARTS) is 1. The number of carboxylic acids is 1. The van der Waals surface area contributed by atoms with Gasteiger partial charge in [0.2, 0.25) is 0 Å². The lowest BCUT2D eigenvalue weighted by Crippen LogP contribution is -2.25. The zero-order valence-electron chi connectivity index (χ0n) is 10.2. The highest BCUT2D eigenvalue weighted by Crippen LogP contribution is 2.28. The third-order valence-electron chi connectivity index (χ3n) is 3.53. The number of hydrogen-bond donors (Lipinski definition) is 1. The fraction of sp³-hybridized carbons (Fsp3) is 0.286. The van der Waals surface area contributed by atoms with E-state index in [9.17, 15) is 4.79 Å². The predicted molar refractivity (Wildman–Crippen MR) is 72.1 cm³/mol. The van der Waals surface area contributed by atoms with Gasteiger partial charge in [-0.15, -0.1) is 0 Å². The Bertz CT molecular complexity index is 636. The lowest BCUT2D eigenvalue weighted by Gasteiger charge is -2.22. The number of imidazole rings is 1. The summed E-state index contributed by atoms with van der Waals surface area (Å²) in [5.74, 6) is -0.158. The van der Waals surface area contributed by atoms with E-state index in [2.05, 4.69) is 9.55 Å². The molecule has 0 saturated carbocycles. The number of halogens is 1. The Kier molecular flexibility index (Phi) is 3.03. The lowest BCUT2D eigenvalue weighted by molar-refractivity contribution is -0.142. The van der Waals surface area contributed by atoms with Crippen LogP contribution in [0.3, 0.4) is 0 Å². The van der Waals surface area contributed by atoms with Crippen LogP contribution in [-0.2, 0) is 17.8 Å². The van der Waals surface area contributed by atoms with Gasteiger partial charge in [-0.3, -0.25) is 4.79 Å². The summed E-state index contributed by atoms with van der Waals surface area (Å²) in [5.41, 5.74) is 1.95. The van der Waals surface area contributed by atoms with Crippen molar-refractivity contribution in [2.24, 2.45) is 5.92 Å². The maximum absolute atomic E-state index is 11.0. The van der Waals surface area contributed by atoms with Gasteiger partial charge in [-0.25, -0.2) is 4.98 Å². The number of carbonyl (C=O) groups is 1. The number of aliphatic carboxylic acids is 1. The molecular weight excluding hydrogens is 264 g/mol. The summed E-state index contributed by atoms with van der Waals surface area (Å²) in [4.78, 5) is 15.5. The van der Waals surface area contributed by atoms with Gasteiger partial charge in [0.15, 0.2) is 0 Å². The first-order valence-corrected chi connectivity index (χ1v) is 6.56. The van der Waals surface area contributed by atoms with E-state index in [1.165, 1.54) is 0 Å². The molecule has 0 fully saturated rings. The molecule has 0 saturated heterocycles. The molecule has 0 amide bonds. The van der Waals surface area contributed by atoms with Gasteiger partial charge < -0.3 is 9.67 Å². The van der Waals surface area contributed by atoms with Gasteiger partial charge in [-0.2, -0.15) is 0 Å². The van der Waals surface area contributed by atoms with E-state index >= 15 is 0 Å². The van der Waals surface area contributed by atoms with Crippen molar-refractivity contribution in [1.82, 2.24) is 9.55 Å². The molecule has 1 aromatic carbocycles.